The van der Waals surface area contributed by atoms with Gasteiger partial charge in [-0.3, -0.25) is 0 Å². The van der Waals surface area contributed by atoms with Crippen LogP contribution < -0.4 is 0 Å². The third kappa shape index (κ3) is 1.82. The van der Waals surface area contributed by atoms with Gasteiger partial charge in [-0.25, -0.2) is 0 Å². The highest BCUT2D eigenvalue weighted by Gasteiger charge is 2.03. The lowest BCUT2D eigenvalue weighted by atomic mass is 10.6. The van der Waals surface area contributed by atoms with E-state index in [0.29, 0.717) is 13.1 Å². The summed E-state index contributed by atoms with van der Waals surface area (Å²) in [5.74, 6) is 0. The first-order valence-electron chi connectivity index (χ1n) is 2.72. The van der Waals surface area contributed by atoms with E-state index in [1.54, 1.807) is 0 Å². The van der Waals surface area contributed by atoms with Gasteiger partial charge in [-0.05, 0) is 13.8 Å². The molecule has 0 aromatic heterocycles. The number of nitrogens with zero attached hydrogens (tertiary/aromatic N) is 1. The second kappa shape index (κ2) is 3.29. The van der Waals surface area contributed by atoms with Crippen molar-refractivity contribution in [3.8, 4) is 0 Å². The third-order valence-corrected chi connectivity index (χ3v) is 1.05. The van der Waals surface area contributed by atoms with E-state index in [9.17, 15) is 0 Å². The zero-order valence-corrected chi connectivity index (χ0v) is 5.26. The van der Waals surface area contributed by atoms with Crippen molar-refractivity contribution in [3.05, 3.63) is 0 Å². The fourth-order valence-electron chi connectivity index (χ4n) is 0.506. The Morgan fingerprint density at radius 2 is 1.62 bits per heavy atom. The number of aliphatic hydroxyl groups is 2. The molecule has 0 aliphatic carbocycles. The van der Waals surface area contributed by atoms with E-state index in [1.165, 1.54) is 4.58 Å². The maximum atomic E-state index is 8.41. The van der Waals surface area contributed by atoms with Crippen LogP contribution in [0.4, 0.5) is 0 Å². The highest BCUT2D eigenvalue weighted by Crippen LogP contribution is 1.72. The van der Waals surface area contributed by atoms with E-state index in [0.717, 1.165) is 0 Å². The van der Waals surface area contributed by atoms with Crippen molar-refractivity contribution in [2.24, 2.45) is 0 Å². The molecular formula is C5H12NO2+. The SMILES string of the molecule is CC[N+](CC)=C(O)O. The van der Waals surface area contributed by atoms with Gasteiger partial charge in [-0.2, -0.15) is 4.58 Å². The summed E-state index contributed by atoms with van der Waals surface area (Å²) in [5, 5.41) is 16.8. The molecule has 8 heavy (non-hydrogen) atoms. The molecule has 0 unspecified atom stereocenters. The minimum atomic E-state index is -0.588. The van der Waals surface area contributed by atoms with Crippen molar-refractivity contribution < 1.29 is 14.8 Å². The molecule has 0 aromatic rings. The molecule has 0 saturated heterocycles. The number of rotatable bonds is 2. The number of hydrogen-bond donors (Lipinski definition) is 2. The van der Waals surface area contributed by atoms with Gasteiger partial charge in [0.25, 0.3) is 0 Å². The number of aliphatic hydroxyl groups excluding tert-OH is 1. The molecule has 0 aromatic carbocycles. The van der Waals surface area contributed by atoms with Gasteiger partial charge in [0.1, 0.15) is 13.1 Å². The van der Waals surface area contributed by atoms with Crippen LogP contribution in [-0.2, 0) is 0 Å². The molecule has 0 heterocycles. The predicted molar refractivity (Wildman–Crippen MR) is 31.6 cm³/mol. The molecule has 3 heteroatoms. The normalized spacial score (nSPS) is 8.75. The second-order valence-electron chi connectivity index (χ2n) is 1.47. The summed E-state index contributed by atoms with van der Waals surface area (Å²) >= 11 is 0. The molecule has 0 spiro atoms. The second-order valence-corrected chi connectivity index (χ2v) is 1.47. The highest BCUT2D eigenvalue weighted by atomic mass is 16.5. The Hall–Kier alpha value is -0.730. The molecule has 0 rings (SSSR count). The van der Waals surface area contributed by atoms with Crippen molar-refractivity contribution in [1.82, 2.24) is 0 Å². The molecule has 0 saturated carbocycles. The molecule has 0 radical (unpaired) electrons. The van der Waals surface area contributed by atoms with Crippen LogP contribution in [0.25, 0.3) is 0 Å². The maximum absolute atomic E-state index is 8.41. The third-order valence-electron chi connectivity index (χ3n) is 1.05. The molecule has 48 valence electrons. The lowest BCUT2D eigenvalue weighted by Gasteiger charge is -1.91. The van der Waals surface area contributed by atoms with Gasteiger partial charge in [0.15, 0.2) is 0 Å². The first-order valence-corrected chi connectivity index (χ1v) is 2.72. The molecule has 0 amide bonds. The molecule has 0 bridgehead atoms. The van der Waals surface area contributed by atoms with Gasteiger partial charge in [-0.1, -0.05) is 0 Å². The van der Waals surface area contributed by atoms with Crippen LogP contribution in [-0.4, -0.2) is 34.0 Å². The van der Waals surface area contributed by atoms with E-state index >= 15 is 0 Å². The van der Waals surface area contributed by atoms with Crippen molar-refractivity contribution >= 4 is 6.08 Å². The summed E-state index contributed by atoms with van der Waals surface area (Å²) in [5.41, 5.74) is 0. The van der Waals surface area contributed by atoms with Crippen LogP contribution in [0.3, 0.4) is 0 Å². The first kappa shape index (κ1) is 7.27. The highest BCUT2D eigenvalue weighted by molar-refractivity contribution is 5.54. The van der Waals surface area contributed by atoms with Crippen molar-refractivity contribution in [1.29, 1.82) is 0 Å². The minimum absolute atomic E-state index is 0.588. The van der Waals surface area contributed by atoms with Crippen molar-refractivity contribution in [2.45, 2.75) is 13.8 Å². The number of hydrogen-bond acceptors (Lipinski definition) is 0. The van der Waals surface area contributed by atoms with Gasteiger partial charge in [-0.15, -0.1) is 0 Å². The van der Waals surface area contributed by atoms with Gasteiger partial charge >= 0.3 is 6.08 Å². The Morgan fingerprint density at radius 3 is 1.62 bits per heavy atom. The molecule has 0 fully saturated rings. The summed E-state index contributed by atoms with van der Waals surface area (Å²) < 4.78 is 1.44. The quantitative estimate of drug-likeness (QED) is 0.315. The first-order chi connectivity index (χ1) is 3.72. The summed E-state index contributed by atoms with van der Waals surface area (Å²) in [7, 11) is 0. The molecule has 0 atom stereocenters. The summed E-state index contributed by atoms with van der Waals surface area (Å²) in [6.45, 7) is 4.99. The maximum Gasteiger partial charge on any atom is 0.544 e. The zero-order chi connectivity index (χ0) is 6.57. The van der Waals surface area contributed by atoms with Gasteiger partial charge in [0, 0.05) is 0 Å². The van der Waals surface area contributed by atoms with Crippen LogP contribution >= 0.6 is 0 Å². The van der Waals surface area contributed by atoms with Crippen LogP contribution in [0.2, 0.25) is 0 Å². The van der Waals surface area contributed by atoms with Crippen LogP contribution in [0.15, 0.2) is 0 Å². The average Bonchev–Trinajstić information content (AvgIpc) is 1.69. The molecule has 2 N–H and O–H groups in total. The molecule has 0 aliphatic heterocycles. The fourth-order valence-corrected chi connectivity index (χ4v) is 0.506. The standard InChI is InChI=1S/C5H11NO2/c1-3-6(4-2)5(7)8/h3-4H2,1-2H3,(H,7,8)/p+1. The minimum Gasteiger partial charge on any atom is -0.430 e. The fraction of sp³-hybridized carbons (Fsp3) is 0.800. The lowest BCUT2D eigenvalue weighted by Crippen LogP contribution is -2.19. The molecule has 0 aliphatic rings. The largest absolute Gasteiger partial charge is 0.544 e. The molecular weight excluding hydrogens is 106 g/mol. The topological polar surface area (TPSA) is 43.5 Å². The van der Waals surface area contributed by atoms with Crippen LogP contribution in [0.5, 0.6) is 0 Å². The van der Waals surface area contributed by atoms with Gasteiger partial charge in [0.2, 0.25) is 0 Å². The smallest absolute Gasteiger partial charge is 0.430 e. The summed E-state index contributed by atoms with van der Waals surface area (Å²) in [6, 6.07) is 0. The Bertz CT molecular complexity index is 88.6. The van der Waals surface area contributed by atoms with Crippen molar-refractivity contribution in [3.63, 3.8) is 0 Å². The predicted octanol–water partition coefficient (Wildman–Crippen LogP) is 0.511. The summed E-state index contributed by atoms with van der Waals surface area (Å²) in [6.07, 6.45) is -0.588. The average molecular weight is 118 g/mol. The Morgan fingerprint density at radius 1 is 1.25 bits per heavy atom. The van der Waals surface area contributed by atoms with E-state index in [-0.39, 0.29) is 0 Å². The lowest BCUT2D eigenvalue weighted by molar-refractivity contribution is -0.537. The van der Waals surface area contributed by atoms with Gasteiger partial charge < -0.3 is 10.2 Å². The van der Waals surface area contributed by atoms with Crippen molar-refractivity contribution in [2.75, 3.05) is 13.1 Å². The van der Waals surface area contributed by atoms with E-state index in [2.05, 4.69) is 0 Å². The summed E-state index contributed by atoms with van der Waals surface area (Å²) in [4.78, 5) is 0. The zero-order valence-electron chi connectivity index (χ0n) is 5.26. The van der Waals surface area contributed by atoms with Crippen LogP contribution in [0.1, 0.15) is 13.8 Å². The Labute approximate surface area is 48.9 Å². The van der Waals surface area contributed by atoms with Gasteiger partial charge in [0.05, 0.1) is 0 Å². The van der Waals surface area contributed by atoms with Crippen LogP contribution in [0, 0.1) is 0 Å². The molecule has 3 nitrogen and oxygen atoms in total. The van der Waals surface area contributed by atoms with E-state index in [1.807, 2.05) is 13.8 Å². The Kier molecular flexibility index (Phi) is 2.99. The van der Waals surface area contributed by atoms with E-state index < -0.39 is 6.08 Å². The Balaban J connectivity index is 3.86. The van der Waals surface area contributed by atoms with E-state index in [4.69, 9.17) is 10.2 Å². The monoisotopic (exact) mass is 118 g/mol.